The second-order valence-corrected chi connectivity index (χ2v) is 7.50. The number of nitrogens with one attached hydrogen (secondary N) is 1. The molecule has 1 aromatic carbocycles. The second-order valence-electron chi connectivity index (χ2n) is 6.27. The van der Waals surface area contributed by atoms with E-state index >= 15 is 0 Å². The van der Waals surface area contributed by atoms with Gasteiger partial charge in [-0.05, 0) is 18.4 Å². The van der Waals surface area contributed by atoms with Crippen molar-refractivity contribution in [2.75, 3.05) is 24.6 Å². The number of rotatable bonds is 6. The highest BCUT2D eigenvalue weighted by Gasteiger charge is 2.11. The van der Waals surface area contributed by atoms with E-state index in [4.69, 9.17) is 0 Å². The van der Waals surface area contributed by atoms with Crippen LogP contribution in [0.1, 0.15) is 31.0 Å². The number of aromatic amines is 1. The Morgan fingerprint density at radius 1 is 1.21 bits per heavy atom. The fourth-order valence-electron chi connectivity index (χ4n) is 2.92. The van der Waals surface area contributed by atoms with E-state index in [1.54, 1.807) is 6.07 Å². The van der Waals surface area contributed by atoms with Crippen molar-refractivity contribution in [3.8, 4) is 11.4 Å². The summed E-state index contributed by atoms with van der Waals surface area (Å²) >= 11 is 2.03. The maximum Gasteiger partial charge on any atom is 0.251 e. The zero-order valence-corrected chi connectivity index (χ0v) is 15.1. The van der Waals surface area contributed by atoms with Gasteiger partial charge in [0, 0.05) is 48.5 Å². The summed E-state index contributed by atoms with van der Waals surface area (Å²) < 4.78 is 0. The number of unbranched alkanes of at least 4 members (excludes halogenated alkanes) is 1. The molecule has 3 rings (SSSR count). The summed E-state index contributed by atoms with van der Waals surface area (Å²) in [6.07, 6.45) is 3.02. The summed E-state index contributed by atoms with van der Waals surface area (Å²) in [5.41, 5.74) is 3.10. The van der Waals surface area contributed by atoms with Crippen molar-refractivity contribution in [2.45, 2.75) is 32.7 Å². The highest BCUT2D eigenvalue weighted by atomic mass is 32.2. The van der Waals surface area contributed by atoms with Crippen molar-refractivity contribution >= 4 is 11.8 Å². The quantitative estimate of drug-likeness (QED) is 0.874. The third-order valence-electron chi connectivity index (χ3n) is 4.32. The Balaban J connectivity index is 1.72. The molecule has 0 amide bonds. The van der Waals surface area contributed by atoms with Crippen LogP contribution >= 0.6 is 11.8 Å². The number of H-pyrrole nitrogens is 1. The van der Waals surface area contributed by atoms with Crippen molar-refractivity contribution in [3.63, 3.8) is 0 Å². The lowest BCUT2D eigenvalue weighted by molar-refractivity contribution is 0.294. The third-order valence-corrected chi connectivity index (χ3v) is 5.26. The fourth-order valence-corrected chi connectivity index (χ4v) is 3.89. The molecule has 0 bridgehead atoms. The summed E-state index contributed by atoms with van der Waals surface area (Å²) in [6.45, 7) is 5.48. The summed E-state index contributed by atoms with van der Waals surface area (Å²) in [5, 5.41) is 0. The van der Waals surface area contributed by atoms with Crippen LogP contribution in [0.25, 0.3) is 11.4 Å². The van der Waals surface area contributed by atoms with Gasteiger partial charge in [-0.1, -0.05) is 37.6 Å². The Bertz CT molecular complexity index is 705. The molecule has 2 heterocycles. The highest BCUT2D eigenvalue weighted by Crippen LogP contribution is 2.18. The van der Waals surface area contributed by atoms with E-state index in [9.17, 15) is 4.79 Å². The predicted molar refractivity (Wildman–Crippen MR) is 102 cm³/mol. The molecule has 1 aliphatic heterocycles. The molecule has 1 saturated heterocycles. The van der Waals surface area contributed by atoms with Crippen molar-refractivity contribution in [2.24, 2.45) is 0 Å². The van der Waals surface area contributed by atoms with Gasteiger partial charge in [0.25, 0.3) is 5.56 Å². The summed E-state index contributed by atoms with van der Waals surface area (Å²) in [6, 6.07) is 10.0. The van der Waals surface area contributed by atoms with Crippen LogP contribution in [-0.2, 0) is 13.0 Å². The van der Waals surface area contributed by atoms with Crippen LogP contribution in [0.3, 0.4) is 0 Å². The van der Waals surface area contributed by atoms with Crippen LogP contribution < -0.4 is 5.56 Å². The molecule has 0 unspecified atom stereocenters. The van der Waals surface area contributed by atoms with Gasteiger partial charge in [0.2, 0.25) is 0 Å². The molecule has 1 aliphatic rings. The number of aryl methyl sites for hydroxylation is 1. The molecule has 0 aliphatic carbocycles. The Kier molecular flexibility index (Phi) is 6.10. The Hall–Kier alpha value is -1.59. The van der Waals surface area contributed by atoms with Crippen LogP contribution in [0, 0.1) is 0 Å². The van der Waals surface area contributed by atoms with Gasteiger partial charge in [-0.25, -0.2) is 4.98 Å². The normalized spacial score (nSPS) is 15.5. The minimum Gasteiger partial charge on any atom is -0.307 e. The van der Waals surface area contributed by atoms with Crippen LogP contribution in [0.4, 0.5) is 0 Å². The lowest BCUT2D eigenvalue weighted by Gasteiger charge is -2.26. The summed E-state index contributed by atoms with van der Waals surface area (Å²) in [7, 11) is 0. The Morgan fingerprint density at radius 2 is 1.96 bits per heavy atom. The van der Waals surface area contributed by atoms with Crippen molar-refractivity contribution in [1.82, 2.24) is 14.9 Å². The lowest BCUT2D eigenvalue weighted by Crippen LogP contribution is -2.31. The molecule has 4 nitrogen and oxygen atoms in total. The van der Waals surface area contributed by atoms with E-state index in [0.717, 1.165) is 37.1 Å². The Morgan fingerprint density at radius 3 is 2.67 bits per heavy atom. The molecular formula is C19H25N3OS. The van der Waals surface area contributed by atoms with Gasteiger partial charge >= 0.3 is 0 Å². The van der Waals surface area contributed by atoms with Crippen LogP contribution in [0.5, 0.6) is 0 Å². The molecule has 128 valence electrons. The lowest BCUT2D eigenvalue weighted by atomic mass is 10.1. The number of hydrogen-bond donors (Lipinski definition) is 1. The molecule has 0 saturated carbocycles. The fraction of sp³-hybridized carbons (Fsp3) is 0.474. The van der Waals surface area contributed by atoms with Crippen molar-refractivity contribution in [1.29, 1.82) is 0 Å². The molecule has 0 radical (unpaired) electrons. The van der Waals surface area contributed by atoms with Crippen molar-refractivity contribution < 1.29 is 0 Å². The first-order chi connectivity index (χ1) is 11.7. The van der Waals surface area contributed by atoms with E-state index in [2.05, 4.69) is 46.1 Å². The third kappa shape index (κ3) is 4.71. The zero-order valence-electron chi connectivity index (χ0n) is 14.3. The first kappa shape index (κ1) is 17.2. The average Bonchev–Trinajstić information content (AvgIpc) is 2.61. The van der Waals surface area contributed by atoms with E-state index < -0.39 is 0 Å². The molecule has 5 heteroatoms. The van der Waals surface area contributed by atoms with Gasteiger partial charge in [-0.3, -0.25) is 9.69 Å². The van der Waals surface area contributed by atoms with Gasteiger partial charge in [0.1, 0.15) is 5.82 Å². The summed E-state index contributed by atoms with van der Waals surface area (Å²) in [5.74, 6) is 3.14. The number of aromatic nitrogens is 2. The number of benzene rings is 1. The average molecular weight is 343 g/mol. The Labute approximate surface area is 147 Å². The molecule has 24 heavy (non-hydrogen) atoms. The van der Waals surface area contributed by atoms with Gasteiger partial charge in [-0.15, -0.1) is 0 Å². The van der Waals surface area contributed by atoms with E-state index in [-0.39, 0.29) is 5.56 Å². The predicted octanol–water partition coefficient (Wildman–Crippen LogP) is 3.33. The number of thioether (sulfide) groups is 1. The molecule has 1 fully saturated rings. The smallest absolute Gasteiger partial charge is 0.251 e. The largest absolute Gasteiger partial charge is 0.307 e. The minimum atomic E-state index is -0.0685. The molecule has 1 N–H and O–H groups in total. The maximum atomic E-state index is 11.9. The molecular weight excluding hydrogens is 318 g/mol. The molecule has 0 spiro atoms. The SMILES string of the molecule is CCCCc1cc(=O)[nH]c(-c2ccc(CN3CCSCC3)cc2)n1. The van der Waals surface area contributed by atoms with E-state index in [1.807, 2.05) is 11.8 Å². The second kappa shape index (κ2) is 8.49. The van der Waals surface area contributed by atoms with Gasteiger partial charge in [-0.2, -0.15) is 11.8 Å². The molecule has 1 aromatic heterocycles. The first-order valence-electron chi connectivity index (χ1n) is 8.74. The van der Waals surface area contributed by atoms with Gasteiger partial charge in [0.05, 0.1) is 0 Å². The van der Waals surface area contributed by atoms with Gasteiger partial charge < -0.3 is 4.98 Å². The van der Waals surface area contributed by atoms with Crippen LogP contribution in [0.2, 0.25) is 0 Å². The molecule has 2 aromatic rings. The summed E-state index contributed by atoms with van der Waals surface area (Å²) in [4.78, 5) is 21.8. The van der Waals surface area contributed by atoms with Crippen molar-refractivity contribution in [3.05, 3.63) is 51.9 Å². The zero-order chi connectivity index (χ0) is 16.8. The van der Waals surface area contributed by atoms with E-state index in [1.165, 1.54) is 30.2 Å². The minimum absolute atomic E-state index is 0.0685. The number of nitrogens with zero attached hydrogens (tertiary/aromatic N) is 2. The topological polar surface area (TPSA) is 49.0 Å². The van der Waals surface area contributed by atoms with Crippen LogP contribution in [0.15, 0.2) is 35.1 Å². The van der Waals surface area contributed by atoms with Gasteiger partial charge in [0.15, 0.2) is 0 Å². The monoisotopic (exact) mass is 343 g/mol. The molecule has 0 atom stereocenters. The van der Waals surface area contributed by atoms with Crippen LogP contribution in [-0.4, -0.2) is 39.5 Å². The maximum absolute atomic E-state index is 11.9. The number of hydrogen-bond acceptors (Lipinski definition) is 4. The van der Waals surface area contributed by atoms with E-state index in [0.29, 0.717) is 5.82 Å². The highest BCUT2D eigenvalue weighted by molar-refractivity contribution is 7.99. The first-order valence-corrected chi connectivity index (χ1v) is 9.90. The standard InChI is InChI=1S/C19H25N3OS/c1-2-3-4-17-13-18(23)21-19(20-17)16-7-5-15(6-8-16)14-22-9-11-24-12-10-22/h5-8,13H,2-4,9-12,14H2,1H3,(H,20,21,23).